The van der Waals surface area contributed by atoms with E-state index in [9.17, 15) is 4.79 Å². The fraction of sp³-hybridized carbons (Fsp3) is 0.364. The van der Waals surface area contributed by atoms with E-state index in [1.807, 2.05) is 31.2 Å². The van der Waals surface area contributed by atoms with E-state index in [-0.39, 0.29) is 11.2 Å². The van der Waals surface area contributed by atoms with Gasteiger partial charge in [0.1, 0.15) is 5.25 Å². The normalized spacial score (nSPS) is 18.9. The van der Waals surface area contributed by atoms with Crippen LogP contribution in [-0.2, 0) is 9.53 Å². The molecule has 0 bridgehead atoms. The lowest BCUT2D eigenvalue weighted by Crippen LogP contribution is -2.30. The van der Waals surface area contributed by atoms with Crippen LogP contribution in [0.1, 0.15) is 6.92 Å². The number of thioether (sulfide) groups is 1. The van der Waals surface area contributed by atoms with Crippen molar-refractivity contribution in [3.05, 3.63) is 24.3 Å². The van der Waals surface area contributed by atoms with Crippen molar-refractivity contribution >= 4 is 23.4 Å². The highest BCUT2D eigenvalue weighted by Crippen LogP contribution is 2.34. The maximum Gasteiger partial charge on any atom is 0.321 e. The van der Waals surface area contributed by atoms with E-state index in [4.69, 9.17) is 4.74 Å². The van der Waals surface area contributed by atoms with Crippen molar-refractivity contribution in [1.29, 1.82) is 0 Å². The molecule has 0 unspecified atom stereocenters. The van der Waals surface area contributed by atoms with Gasteiger partial charge in [-0.2, -0.15) is 0 Å². The third-order valence-electron chi connectivity index (χ3n) is 2.18. The number of fused-ring (bicyclic) bond motifs is 1. The van der Waals surface area contributed by atoms with Crippen LogP contribution in [0.25, 0.3) is 0 Å². The lowest BCUT2D eigenvalue weighted by molar-refractivity contribution is -0.142. The third-order valence-corrected chi connectivity index (χ3v) is 3.44. The van der Waals surface area contributed by atoms with Gasteiger partial charge in [0.2, 0.25) is 0 Å². The number of ether oxygens (including phenoxy) is 1. The highest BCUT2D eigenvalue weighted by molar-refractivity contribution is 8.00. The van der Waals surface area contributed by atoms with E-state index in [2.05, 4.69) is 5.32 Å². The zero-order chi connectivity index (χ0) is 10.7. The van der Waals surface area contributed by atoms with Gasteiger partial charge in [0.25, 0.3) is 0 Å². The summed E-state index contributed by atoms with van der Waals surface area (Å²) in [7, 11) is 0. The predicted molar refractivity (Wildman–Crippen MR) is 61.2 cm³/mol. The molecule has 0 aromatic heterocycles. The minimum atomic E-state index is -0.135. The molecule has 1 aromatic rings. The summed E-state index contributed by atoms with van der Waals surface area (Å²) in [6.45, 7) is 2.91. The number of nitrogens with one attached hydrogen (secondary N) is 1. The number of rotatable bonds is 2. The molecule has 1 atom stereocenters. The molecule has 0 spiro atoms. The first-order chi connectivity index (χ1) is 7.31. The van der Waals surface area contributed by atoms with Gasteiger partial charge in [-0.25, -0.2) is 0 Å². The van der Waals surface area contributed by atoms with Gasteiger partial charge in [0.15, 0.2) is 0 Å². The van der Waals surface area contributed by atoms with Crippen molar-refractivity contribution in [3.63, 3.8) is 0 Å². The fourth-order valence-corrected chi connectivity index (χ4v) is 2.54. The lowest BCUT2D eigenvalue weighted by atomic mass is 10.3. The second-order valence-electron chi connectivity index (χ2n) is 3.24. The first-order valence-corrected chi connectivity index (χ1v) is 5.85. The summed E-state index contributed by atoms with van der Waals surface area (Å²) in [5.74, 6) is -0.135. The third kappa shape index (κ3) is 2.26. The molecule has 0 saturated carbocycles. The van der Waals surface area contributed by atoms with Gasteiger partial charge in [0.05, 0.1) is 6.61 Å². The Morgan fingerprint density at radius 1 is 1.60 bits per heavy atom. The standard InChI is InChI=1S/C11H13NO2S/c1-2-14-11(13)10-7-12-8-5-3-4-6-9(8)15-10/h3-6,10,12H,2,7H2,1H3/t10-/m0/s1. The minimum Gasteiger partial charge on any atom is -0.465 e. The van der Waals surface area contributed by atoms with E-state index >= 15 is 0 Å². The summed E-state index contributed by atoms with van der Waals surface area (Å²) in [4.78, 5) is 12.6. The molecule has 0 fully saturated rings. The Bertz CT molecular complexity index is 367. The van der Waals surface area contributed by atoms with E-state index in [1.54, 1.807) is 11.8 Å². The van der Waals surface area contributed by atoms with Crippen molar-refractivity contribution in [2.45, 2.75) is 17.1 Å². The molecule has 0 aliphatic carbocycles. The van der Waals surface area contributed by atoms with Crippen LogP contribution in [0.5, 0.6) is 0 Å². The average Bonchev–Trinajstić information content (AvgIpc) is 2.29. The van der Waals surface area contributed by atoms with Crippen molar-refractivity contribution in [2.24, 2.45) is 0 Å². The largest absolute Gasteiger partial charge is 0.465 e. The van der Waals surface area contributed by atoms with E-state index in [1.165, 1.54) is 0 Å². The number of carbonyl (C=O) groups excluding carboxylic acids is 1. The van der Waals surface area contributed by atoms with Crippen LogP contribution in [0.3, 0.4) is 0 Å². The summed E-state index contributed by atoms with van der Waals surface area (Å²) in [6.07, 6.45) is 0. The molecule has 0 amide bonds. The first kappa shape index (κ1) is 10.4. The number of esters is 1. The second-order valence-corrected chi connectivity index (χ2v) is 4.48. The van der Waals surface area contributed by atoms with Crippen LogP contribution in [0.15, 0.2) is 29.2 Å². The number of para-hydroxylation sites is 1. The molecule has 0 saturated heterocycles. The summed E-state index contributed by atoms with van der Waals surface area (Å²) < 4.78 is 5.00. The lowest BCUT2D eigenvalue weighted by Gasteiger charge is -2.23. The quantitative estimate of drug-likeness (QED) is 0.780. The summed E-state index contributed by atoms with van der Waals surface area (Å²) >= 11 is 1.57. The summed E-state index contributed by atoms with van der Waals surface area (Å²) in [6, 6.07) is 7.99. The zero-order valence-corrected chi connectivity index (χ0v) is 9.34. The molecule has 1 N–H and O–H groups in total. The van der Waals surface area contributed by atoms with Gasteiger partial charge in [-0.3, -0.25) is 4.79 Å². The van der Waals surface area contributed by atoms with E-state index in [0.29, 0.717) is 13.2 Å². The van der Waals surface area contributed by atoms with Crippen molar-refractivity contribution in [2.75, 3.05) is 18.5 Å². The molecule has 4 heteroatoms. The number of carbonyl (C=O) groups is 1. The SMILES string of the molecule is CCOC(=O)[C@@H]1CNc2ccccc2S1. The molecule has 15 heavy (non-hydrogen) atoms. The Labute approximate surface area is 93.2 Å². The van der Waals surface area contributed by atoms with Crippen LogP contribution in [0, 0.1) is 0 Å². The minimum absolute atomic E-state index is 0.125. The van der Waals surface area contributed by atoms with Crippen LogP contribution in [0.4, 0.5) is 5.69 Å². The Morgan fingerprint density at radius 2 is 2.40 bits per heavy atom. The van der Waals surface area contributed by atoms with E-state index in [0.717, 1.165) is 10.6 Å². The summed E-state index contributed by atoms with van der Waals surface area (Å²) in [5, 5.41) is 3.11. The van der Waals surface area contributed by atoms with Gasteiger partial charge >= 0.3 is 5.97 Å². The smallest absolute Gasteiger partial charge is 0.321 e. The van der Waals surface area contributed by atoms with Gasteiger partial charge in [-0.05, 0) is 19.1 Å². The molecule has 3 nitrogen and oxygen atoms in total. The molecule has 80 valence electrons. The molecule has 1 heterocycles. The molecular formula is C11H13NO2S. The van der Waals surface area contributed by atoms with Crippen LogP contribution >= 0.6 is 11.8 Å². The van der Waals surface area contributed by atoms with Crippen molar-refractivity contribution in [3.8, 4) is 0 Å². The molecule has 1 aliphatic rings. The van der Waals surface area contributed by atoms with Crippen LogP contribution in [-0.4, -0.2) is 24.4 Å². The Balaban J connectivity index is 2.08. The highest BCUT2D eigenvalue weighted by atomic mass is 32.2. The Morgan fingerprint density at radius 3 is 3.20 bits per heavy atom. The monoisotopic (exact) mass is 223 g/mol. The fourth-order valence-electron chi connectivity index (χ4n) is 1.48. The summed E-state index contributed by atoms with van der Waals surface area (Å²) in [5.41, 5.74) is 1.10. The number of hydrogen-bond donors (Lipinski definition) is 1. The zero-order valence-electron chi connectivity index (χ0n) is 8.53. The van der Waals surface area contributed by atoms with Gasteiger partial charge in [-0.15, -0.1) is 11.8 Å². The predicted octanol–water partition coefficient (Wildman–Crippen LogP) is 2.14. The van der Waals surface area contributed by atoms with Gasteiger partial charge in [-0.1, -0.05) is 12.1 Å². The topological polar surface area (TPSA) is 38.3 Å². The number of anilines is 1. The van der Waals surface area contributed by atoms with Gasteiger partial charge in [0, 0.05) is 17.1 Å². The van der Waals surface area contributed by atoms with Crippen LogP contribution < -0.4 is 5.32 Å². The van der Waals surface area contributed by atoms with Crippen molar-refractivity contribution < 1.29 is 9.53 Å². The second kappa shape index (κ2) is 4.57. The number of hydrogen-bond acceptors (Lipinski definition) is 4. The van der Waals surface area contributed by atoms with Crippen molar-refractivity contribution in [1.82, 2.24) is 0 Å². The maximum atomic E-state index is 11.5. The maximum absolute atomic E-state index is 11.5. The molecule has 1 aliphatic heterocycles. The molecule has 1 aromatic carbocycles. The Hall–Kier alpha value is -1.16. The van der Waals surface area contributed by atoms with Gasteiger partial charge < -0.3 is 10.1 Å². The average molecular weight is 223 g/mol. The molecule has 0 radical (unpaired) electrons. The van der Waals surface area contributed by atoms with E-state index < -0.39 is 0 Å². The highest BCUT2D eigenvalue weighted by Gasteiger charge is 2.25. The first-order valence-electron chi connectivity index (χ1n) is 4.97. The molecular weight excluding hydrogens is 210 g/mol. The number of benzene rings is 1. The Kier molecular flexibility index (Phi) is 3.16. The van der Waals surface area contributed by atoms with Crippen LogP contribution in [0.2, 0.25) is 0 Å². The molecule has 2 rings (SSSR count).